The predicted octanol–water partition coefficient (Wildman–Crippen LogP) is 4.77. The molecule has 0 aliphatic heterocycles. The lowest BCUT2D eigenvalue weighted by Crippen LogP contribution is -1.88. The molecular weight excluding hydrogens is 302 g/mol. The van der Waals surface area contributed by atoms with E-state index in [1.54, 1.807) is 18.2 Å². The third-order valence-corrected chi connectivity index (χ3v) is 2.87. The molecule has 0 aliphatic carbocycles. The number of benzene rings is 2. The zero-order valence-corrected chi connectivity index (χ0v) is 11.0. The van der Waals surface area contributed by atoms with Crippen molar-refractivity contribution >= 4 is 27.5 Å². The number of nitrogens with zero attached hydrogens (tertiary/aromatic N) is 1. The summed E-state index contributed by atoms with van der Waals surface area (Å²) in [6, 6.07) is 14.3. The lowest BCUT2D eigenvalue weighted by Gasteiger charge is -2.07. The molecule has 17 heavy (non-hydrogen) atoms. The summed E-state index contributed by atoms with van der Waals surface area (Å²) in [4.78, 5) is 0. The Morgan fingerprint density at radius 2 is 1.82 bits per heavy atom. The van der Waals surface area contributed by atoms with E-state index in [4.69, 9.17) is 21.6 Å². The quantitative estimate of drug-likeness (QED) is 0.801. The summed E-state index contributed by atoms with van der Waals surface area (Å²) in [6.07, 6.45) is 0. The molecule has 0 spiro atoms. The Labute approximate surface area is 113 Å². The first-order chi connectivity index (χ1) is 8.19. The van der Waals surface area contributed by atoms with Gasteiger partial charge in [-0.25, -0.2) is 0 Å². The van der Waals surface area contributed by atoms with Crippen LogP contribution in [0.3, 0.4) is 0 Å². The molecule has 84 valence electrons. The average Bonchev–Trinajstić information content (AvgIpc) is 2.32. The molecule has 0 bridgehead atoms. The zero-order valence-electron chi connectivity index (χ0n) is 8.65. The molecule has 2 aromatic rings. The van der Waals surface area contributed by atoms with Gasteiger partial charge < -0.3 is 4.74 Å². The first-order valence-corrected chi connectivity index (χ1v) is 5.99. The molecule has 4 heteroatoms. The van der Waals surface area contributed by atoms with Gasteiger partial charge in [0.25, 0.3) is 0 Å². The second-order valence-electron chi connectivity index (χ2n) is 3.31. The molecule has 0 heterocycles. The van der Waals surface area contributed by atoms with Crippen LogP contribution >= 0.6 is 27.5 Å². The molecule has 2 nitrogen and oxygen atoms in total. The van der Waals surface area contributed by atoms with Gasteiger partial charge in [-0.15, -0.1) is 0 Å². The number of ether oxygens (including phenoxy) is 1. The van der Waals surface area contributed by atoms with Gasteiger partial charge in [-0.05, 0) is 36.4 Å². The van der Waals surface area contributed by atoms with Crippen LogP contribution in [0.25, 0.3) is 0 Å². The van der Waals surface area contributed by atoms with E-state index in [0.717, 1.165) is 4.47 Å². The van der Waals surface area contributed by atoms with Crippen molar-refractivity contribution < 1.29 is 4.74 Å². The van der Waals surface area contributed by atoms with Crippen LogP contribution in [0, 0.1) is 11.3 Å². The van der Waals surface area contributed by atoms with Crippen LogP contribution in [0.15, 0.2) is 46.9 Å². The molecule has 0 saturated carbocycles. The highest BCUT2D eigenvalue weighted by atomic mass is 79.9. The molecule has 0 atom stereocenters. The number of hydrogen-bond acceptors (Lipinski definition) is 2. The van der Waals surface area contributed by atoms with Crippen molar-refractivity contribution in [2.75, 3.05) is 0 Å². The van der Waals surface area contributed by atoms with Crippen LogP contribution in [0.1, 0.15) is 5.56 Å². The van der Waals surface area contributed by atoms with Crippen LogP contribution in [0.5, 0.6) is 11.5 Å². The zero-order chi connectivity index (χ0) is 12.3. The molecule has 0 radical (unpaired) electrons. The molecule has 2 aromatic carbocycles. The topological polar surface area (TPSA) is 33.0 Å². The minimum Gasteiger partial charge on any atom is -0.456 e. The summed E-state index contributed by atoms with van der Waals surface area (Å²) >= 11 is 9.21. The van der Waals surface area contributed by atoms with Crippen molar-refractivity contribution in [1.82, 2.24) is 0 Å². The fourth-order valence-electron chi connectivity index (χ4n) is 1.30. The summed E-state index contributed by atoms with van der Waals surface area (Å²) < 4.78 is 6.58. The molecule has 2 rings (SSSR count). The van der Waals surface area contributed by atoms with E-state index in [1.165, 1.54) is 0 Å². The summed E-state index contributed by atoms with van der Waals surface area (Å²) in [5.41, 5.74) is 0.456. The van der Waals surface area contributed by atoms with Crippen LogP contribution in [0.2, 0.25) is 5.02 Å². The van der Waals surface area contributed by atoms with Crippen molar-refractivity contribution in [3.63, 3.8) is 0 Å². The van der Waals surface area contributed by atoms with E-state index in [0.29, 0.717) is 22.1 Å². The van der Waals surface area contributed by atoms with Crippen molar-refractivity contribution in [3.05, 3.63) is 57.5 Å². The first kappa shape index (κ1) is 12.0. The second-order valence-corrected chi connectivity index (χ2v) is 4.66. The largest absolute Gasteiger partial charge is 0.456 e. The van der Waals surface area contributed by atoms with Gasteiger partial charge >= 0.3 is 0 Å². The van der Waals surface area contributed by atoms with E-state index in [2.05, 4.69) is 22.0 Å². The van der Waals surface area contributed by atoms with Crippen LogP contribution in [0.4, 0.5) is 0 Å². The van der Waals surface area contributed by atoms with E-state index in [1.807, 2.05) is 24.3 Å². The molecule has 0 fully saturated rings. The summed E-state index contributed by atoms with van der Waals surface area (Å²) in [6.45, 7) is 0. The third-order valence-electron chi connectivity index (χ3n) is 2.11. The fraction of sp³-hybridized carbons (Fsp3) is 0. The predicted molar refractivity (Wildman–Crippen MR) is 70.4 cm³/mol. The van der Waals surface area contributed by atoms with Gasteiger partial charge in [-0.2, -0.15) is 5.26 Å². The summed E-state index contributed by atoms with van der Waals surface area (Å²) in [5.74, 6) is 1.12. The first-order valence-electron chi connectivity index (χ1n) is 4.82. The van der Waals surface area contributed by atoms with Gasteiger partial charge in [0.2, 0.25) is 0 Å². The molecular formula is C13H7BrClNO. The molecule has 0 saturated heterocycles. The number of halogens is 2. The second kappa shape index (κ2) is 5.22. The highest BCUT2D eigenvalue weighted by Crippen LogP contribution is 2.28. The van der Waals surface area contributed by atoms with Crippen LogP contribution in [-0.2, 0) is 0 Å². The summed E-state index contributed by atoms with van der Waals surface area (Å²) in [7, 11) is 0. The molecule has 0 amide bonds. The number of rotatable bonds is 2. The Bertz CT molecular complexity index is 575. The molecule has 0 N–H and O–H groups in total. The fourth-order valence-corrected chi connectivity index (χ4v) is 1.73. The Morgan fingerprint density at radius 3 is 2.47 bits per heavy atom. The van der Waals surface area contributed by atoms with Crippen molar-refractivity contribution in [2.24, 2.45) is 0 Å². The summed E-state index contributed by atoms with van der Waals surface area (Å²) in [5, 5.41) is 9.49. The standard InChI is InChI=1S/C13H7BrClNO/c14-10-2-5-12(6-3-10)17-13-7-11(15)4-1-9(13)8-16/h1-7H. The highest BCUT2D eigenvalue weighted by Gasteiger charge is 2.05. The Hall–Kier alpha value is -1.50. The number of nitriles is 1. The monoisotopic (exact) mass is 307 g/mol. The normalized spacial score (nSPS) is 9.71. The van der Waals surface area contributed by atoms with E-state index >= 15 is 0 Å². The van der Waals surface area contributed by atoms with Crippen molar-refractivity contribution in [2.45, 2.75) is 0 Å². The van der Waals surface area contributed by atoms with Gasteiger partial charge in [0.15, 0.2) is 0 Å². The van der Waals surface area contributed by atoms with Crippen molar-refractivity contribution in [1.29, 1.82) is 5.26 Å². The minimum absolute atomic E-state index is 0.456. The minimum atomic E-state index is 0.456. The average molecular weight is 309 g/mol. The van der Waals surface area contributed by atoms with E-state index in [9.17, 15) is 0 Å². The van der Waals surface area contributed by atoms with Gasteiger partial charge in [0.1, 0.15) is 17.6 Å². The maximum absolute atomic E-state index is 8.95. The lowest BCUT2D eigenvalue weighted by atomic mass is 10.2. The Morgan fingerprint density at radius 1 is 1.12 bits per heavy atom. The molecule has 0 aliphatic rings. The van der Waals surface area contributed by atoms with Gasteiger partial charge in [-0.3, -0.25) is 0 Å². The van der Waals surface area contributed by atoms with Crippen LogP contribution < -0.4 is 4.74 Å². The Balaban J connectivity index is 2.32. The SMILES string of the molecule is N#Cc1ccc(Cl)cc1Oc1ccc(Br)cc1. The van der Waals surface area contributed by atoms with Gasteiger partial charge in [0, 0.05) is 15.6 Å². The van der Waals surface area contributed by atoms with Gasteiger partial charge in [0.05, 0.1) is 5.56 Å². The molecule has 0 aromatic heterocycles. The number of hydrogen-bond donors (Lipinski definition) is 0. The van der Waals surface area contributed by atoms with E-state index in [-0.39, 0.29) is 0 Å². The lowest BCUT2D eigenvalue weighted by molar-refractivity contribution is 0.481. The molecule has 0 unspecified atom stereocenters. The third kappa shape index (κ3) is 3.00. The maximum Gasteiger partial charge on any atom is 0.146 e. The Kier molecular flexibility index (Phi) is 3.68. The maximum atomic E-state index is 8.95. The van der Waals surface area contributed by atoms with Crippen LogP contribution in [-0.4, -0.2) is 0 Å². The highest BCUT2D eigenvalue weighted by molar-refractivity contribution is 9.10. The van der Waals surface area contributed by atoms with E-state index < -0.39 is 0 Å². The van der Waals surface area contributed by atoms with Gasteiger partial charge in [-0.1, -0.05) is 27.5 Å². The smallest absolute Gasteiger partial charge is 0.146 e. The van der Waals surface area contributed by atoms with Crippen molar-refractivity contribution in [3.8, 4) is 17.6 Å².